The van der Waals surface area contributed by atoms with Crippen LogP contribution in [0, 0.1) is 11.6 Å². The Hall–Kier alpha value is -1.92. The van der Waals surface area contributed by atoms with Crippen LogP contribution < -0.4 is 11.2 Å². The van der Waals surface area contributed by atoms with Crippen LogP contribution in [0.2, 0.25) is 0 Å². The summed E-state index contributed by atoms with van der Waals surface area (Å²) in [6.07, 6.45) is 0. The Morgan fingerprint density at radius 1 is 0.917 bits per heavy atom. The maximum Gasteiger partial charge on any atom is 0.494 e. The summed E-state index contributed by atoms with van der Waals surface area (Å²) in [5.41, 5.74) is 7.00. The van der Waals surface area contributed by atoms with E-state index in [0.717, 1.165) is 6.07 Å². The van der Waals surface area contributed by atoms with E-state index < -0.39 is 30.0 Å². The first kappa shape index (κ1) is 16.9. The van der Waals surface area contributed by atoms with Gasteiger partial charge < -0.3 is 15.0 Å². The highest BCUT2D eigenvalue weighted by Crippen LogP contribution is 2.37. The van der Waals surface area contributed by atoms with E-state index in [4.69, 9.17) is 15.0 Å². The van der Waals surface area contributed by atoms with Crippen LogP contribution in [0.3, 0.4) is 0 Å². The Kier molecular flexibility index (Phi) is 3.93. The molecule has 0 radical (unpaired) electrons. The van der Waals surface area contributed by atoms with Crippen molar-refractivity contribution < 1.29 is 18.1 Å². The first-order chi connectivity index (χ1) is 11.1. The van der Waals surface area contributed by atoms with E-state index in [1.54, 1.807) is 18.2 Å². The van der Waals surface area contributed by atoms with E-state index in [0.29, 0.717) is 16.7 Å². The summed E-state index contributed by atoms with van der Waals surface area (Å²) in [5, 5.41) is 0. The Morgan fingerprint density at radius 3 is 2.12 bits per heavy atom. The fourth-order valence-corrected chi connectivity index (χ4v) is 2.67. The van der Waals surface area contributed by atoms with Crippen LogP contribution in [-0.2, 0) is 9.31 Å². The zero-order chi connectivity index (χ0) is 17.7. The molecule has 0 aromatic heterocycles. The van der Waals surface area contributed by atoms with Gasteiger partial charge in [-0.25, -0.2) is 8.78 Å². The predicted molar refractivity (Wildman–Crippen MR) is 91.9 cm³/mol. The third-order valence-corrected chi connectivity index (χ3v) is 4.75. The summed E-state index contributed by atoms with van der Waals surface area (Å²) in [7, 11) is -0.597. The van der Waals surface area contributed by atoms with Gasteiger partial charge in [-0.1, -0.05) is 6.07 Å². The Bertz CT molecular complexity index is 777. The molecule has 1 aliphatic rings. The number of anilines is 1. The zero-order valence-electron chi connectivity index (χ0n) is 14.2. The molecule has 0 saturated carbocycles. The van der Waals surface area contributed by atoms with Gasteiger partial charge in [-0.2, -0.15) is 0 Å². The number of rotatable bonds is 2. The van der Waals surface area contributed by atoms with Crippen molar-refractivity contribution in [3.63, 3.8) is 0 Å². The molecule has 1 saturated heterocycles. The topological polar surface area (TPSA) is 44.5 Å². The fraction of sp³-hybridized carbons (Fsp3) is 0.333. The predicted octanol–water partition coefficient (Wildman–Crippen LogP) is 3.51. The lowest BCUT2D eigenvalue weighted by atomic mass is 9.77. The smallest absolute Gasteiger partial charge is 0.399 e. The summed E-state index contributed by atoms with van der Waals surface area (Å²) in [6, 6.07) is 8.61. The van der Waals surface area contributed by atoms with Crippen LogP contribution in [0.4, 0.5) is 14.5 Å². The molecular weight excluding hydrogens is 311 g/mol. The second-order valence-electron chi connectivity index (χ2n) is 7.10. The molecule has 2 aromatic rings. The lowest BCUT2D eigenvalue weighted by Crippen LogP contribution is -2.41. The number of hydrogen-bond donors (Lipinski definition) is 1. The van der Waals surface area contributed by atoms with Gasteiger partial charge in [-0.15, -0.1) is 0 Å². The molecule has 3 nitrogen and oxygen atoms in total. The van der Waals surface area contributed by atoms with Crippen molar-refractivity contribution in [2.24, 2.45) is 0 Å². The van der Waals surface area contributed by atoms with Crippen LogP contribution in [0.25, 0.3) is 11.1 Å². The van der Waals surface area contributed by atoms with Crippen molar-refractivity contribution in [1.29, 1.82) is 0 Å². The normalized spacial score (nSPS) is 18.8. The SMILES string of the molecule is CC1(C)OB(c2cc(N)cc(-c3ccc(F)cc3F)c2)OC1(C)C. The molecule has 0 amide bonds. The highest BCUT2D eigenvalue weighted by atomic mass is 19.1. The fourth-order valence-electron chi connectivity index (χ4n) is 2.67. The first-order valence-corrected chi connectivity index (χ1v) is 7.81. The molecule has 1 aliphatic heterocycles. The number of benzene rings is 2. The molecule has 2 aromatic carbocycles. The van der Waals surface area contributed by atoms with Gasteiger partial charge in [0.2, 0.25) is 0 Å². The molecule has 24 heavy (non-hydrogen) atoms. The lowest BCUT2D eigenvalue weighted by molar-refractivity contribution is 0.00578. The summed E-state index contributed by atoms with van der Waals surface area (Å²) in [4.78, 5) is 0. The molecule has 126 valence electrons. The molecule has 0 aliphatic carbocycles. The van der Waals surface area contributed by atoms with Crippen LogP contribution >= 0.6 is 0 Å². The van der Waals surface area contributed by atoms with Crippen molar-refractivity contribution in [3.8, 4) is 11.1 Å². The van der Waals surface area contributed by atoms with Gasteiger partial charge in [0.1, 0.15) is 11.6 Å². The molecule has 1 heterocycles. The average molecular weight is 331 g/mol. The minimum atomic E-state index is -0.638. The summed E-state index contributed by atoms with van der Waals surface area (Å²) in [6.45, 7) is 7.83. The van der Waals surface area contributed by atoms with Crippen LogP contribution in [0.1, 0.15) is 27.7 Å². The van der Waals surface area contributed by atoms with Gasteiger partial charge in [0, 0.05) is 17.3 Å². The van der Waals surface area contributed by atoms with Gasteiger partial charge in [0.15, 0.2) is 0 Å². The average Bonchev–Trinajstić information content (AvgIpc) is 2.66. The van der Waals surface area contributed by atoms with Crippen molar-refractivity contribution in [3.05, 3.63) is 48.0 Å². The minimum absolute atomic E-state index is 0.279. The van der Waals surface area contributed by atoms with E-state index in [-0.39, 0.29) is 5.56 Å². The molecule has 0 spiro atoms. The molecule has 0 bridgehead atoms. The van der Waals surface area contributed by atoms with E-state index in [2.05, 4.69) is 0 Å². The van der Waals surface area contributed by atoms with Crippen molar-refractivity contribution in [1.82, 2.24) is 0 Å². The Balaban J connectivity index is 2.02. The number of nitrogens with two attached hydrogens (primary N) is 1. The first-order valence-electron chi connectivity index (χ1n) is 7.81. The molecular formula is C18H20BF2NO2. The molecule has 0 unspecified atom stereocenters. The number of nitrogen functional groups attached to an aromatic ring is 1. The lowest BCUT2D eigenvalue weighted by Gasteiger charge is -2.32. The highest BCUT2D eigenvalue weighted by Gasteiger charge is 2.51. The summed E-state index contributed by atoms with van der Waals surface area (Å²) < 4.78 is 39.2. The Labute approximate surface area is 140 Å². The quantitative estimate of drug-likeness (QED) is 0.677. The maximum absolute atomic E-state index is 14.1. The zero-order valence-corrected chi connectivity index (χ0v) is 14.2. The third-order valence-electron chi connectivity index (χ3n) is 4.75. The molecule has 0 atom stereocenters. The summed E-state index contributed by atoms with van der Waals surface area (Å²) >= 11 is 0. The van der Waals surface area contributed by atoms with Gasteiger partial charge in [0.05, 0.1) is 11.2 Å². The number of halogens is 2. The van der Waals surface area contributed by atoms with Crippen LogP contribution in [-0.4, -0.2) is 18.3 Å². The van der Waals surface area contributed by atoms with E-state index in [1.165, 1.54) is 12.1 Å². The summed E-state index contributed by atoms with van der Waals surface area (Å²) in [5.74, 6) is -1.26. The van der Waals surface area contributed by atoms with Crippen molar-refractivity contribution >= 4 is 18.3 Å². The van der Waals surface area contributed by atoms with Crippen molar-refractivity contribution in [2.45, 2.75) is 38.9 Å². The maximum atomic E-state index is 14.1. The number of hydrogen-bond acceptors (Lipinski definition) is 3. The largest absolute Gasteiger partial charge is 0.494 e. The van der Waals surface area contributed by atoms with E-state index in [1.807, 2.05) is 27.7 Å². The van der Waals surface area contributed by atoms with Crippen LogP contribution in [0.5, 0.6) is 0 Å². The third kappa shape index (κ3) is 2.92. The second-order valence-corrected chi connectivity index (χ2v) is 7.10. The van der Waals surface area contributed by atoms with Crippen LogP contribution in [0.15, 0.2) is 36.4 Å². The highest BCUT2D eigenvalue weighted by molar-refractivity contribution is 6.62. The molecule has 1 fully saturated rings. The molecule has 3 rings (SSSR count). The second kappa shape index (κ2) is 5.57. The van der Waals surface area contributed by atoms with Gasteiger partial charge in [-0.05, 0) is 63.0 Å². The standard InChI is InChI=1S/C18H20BF2NO2/c1-17(2)18(3,4)24-19(23-17)12-7-11(8-14(22)9-12)15-6-5-13(20)10-16(15)21/h5-10H,22H2,1-4H3. The van der Waals surface area contributed by atoms with Gasteiger partial charge in [-0.3, -0.25) is 0 Å². The van der Waals surface area contributed by atoms with Crippen molar-refractivity contribution in [2.75, 3.05) is 5.73 Å². The monoisotopic (exact) mass is 331 g/mol. The van der Waals surface area contributed by atoms with E-state index in [9.17, 15) is 8.78 Å². The molecule has 6 heteroatoms. The molecule has 2 N–H and O–H groups in total. The van der Waals surface area contributed by atoms with E-state index >= 15 is 0 Å². The minimum Gasteiger partial charge on any atom is -0.399 e. The van der Waals surface area contributed by atoms with Gasteiger partial charge in [0.25, 0.3) is 0 Å². The van der Waals surface area contributed by atoms with Gasteiger partial charge >= 0.3 is 7.12 Å². The Morgan fingerprint density at radius 2 is 1.54 bits per heavy atom.